The molecule has 1 saturated heterocycles. The zero-order chi connectivity index (χ0) is 28.9. The summed E-state index contributed by atoms with van der Waals surface area (Å²) in [5.74, 6) is -0.0557. The first-order chi connectivity index (χ1) is 19.1. The van der Waals surface area contributed by atoms with Crippen LogP contribution in [0.1, 0.15) is 32.6 Å². The lowest BCUT2D eigenvalue weighted by Crippen LogP contribution is -2.67. The molecule has 1 N–H and O–H groups in total. The van der Waals surface area contributed by atoms with E-state index in [1.807, 2.05) is 12.1 Å². The summed E-state index contributed by atoms with van der Waals surface area (Å²) < 4.78 is 27.5. The van der Waals surface area contributed by atoms with Gasteiger partial charge in [-0.2, -0.15) is 0 Å². The van der Waals surface area contributed by atoms with Crippen LogP contribution in [0.5, 0.6) is 0 Å². The second-order valence-electron chi connectivity index (χ2n) is 11.2. The number of nitrogens with zero attached hydrogens (tertiary/aromatic N) is 1. The summed E-state index contributed by atoms with van der Waals surface area (Å²) in [5, 5.41) is 2.19. The highest BCUT2D eigenvalue weighted by Crippen LogP contribution is 2.40. The molecule has 1 fully saturated rings. The first-order valence-corrected chi connectivity index (χ1v) is 17.0. The van der Waals surface area contributed by atoms with Crippen molar-refractivity contribution in [2.75, 3.05) is 31.4 Å². The van der Waals surface area contributed by atoms with Crippen molar-refractivity contribution in [3.05, 3.63) is 93.3 Å². The van der Waals surface area contributed by atoms with E-state index in [-0.39, 0.29) is 17.1 Å². The molecule has 0 radical (unpaired) electrons. The lowest BCUT2D eigenvalue weighted by molar-refractivity contribution is -0.0785. The topological polar surface area (TPSA) is 91.8 Å². The van der Waals surface area contributed by atoms with Gasteiger partial charge < -0.3 is 18.6 Å². The molecular formula is C30H39IN2O6Si. The SMILES string of the molecule is COCCO[C@@H]1[C@H](CI)[C@@H](CO[Si](c2ccccc2)(c2ccccc2)C(C)(C)C)O[C@H]1n1cc(C)c(=O)[nH]c1=O. The summed E-state index contributed by atoms with van der Waals surface area (Å²) >= 11 is 2.35. The van der Waals surface area contributed by atoms with Crippen molar-refractivity contribution in [1.82, 2.24) is 9.55 Å². The number of H-pyrrole nitrogens is 1. The minimum atomic E-state index is -2.80. The van der Waals surface area contributed by atoms with Crippen LogP contribution in [0.2, 0.25) is 5.04 Å². The first kappa shape index (κ1) is 30.9. The van der Waals surface area contributed by atoms with Gasteiger partial charge in [0, 0.05) is 29.2 Å². The lowest BCUT2D eigenvalue weighted by Gasteiger charge is -2.43. The van der Waals surface area contributed by atoms with Crippen LogP contribution in [0.3, 0.4) is 0 Å². The Bertz CT molecular complexity index is 1320. The quantitative estimate of drug-likeness (QED) is 0.145. The van der Waals surface area contributed by atoms with Gasteiger partial charge in [-0.25, -0.2) is 4.79 Å². The zero-order valence-corrected chi connectivity index (χ0v) is 26.9. The smallest absolute Gasteiger partial charge is 0.330 e. The van der Waals surface area contributed by atoms with Gasteiger partial charge in [0.15, 0.2) is 6.23 Å². The standard InChI is InChI=1S/C30H39IN2O6Si/c1-21-19-33(29(35)32-27(21)34)28-26(37-17-16-36-5)24(18-31)25(39-28)20-38-40(30(2,3)4,22-12-8-6-9-13-22)23-14-10-7-11-15-23/h6-15,19,24-26,28H,16-18,20H2,1-5H3,(H,32,34,35)/t24-,25-,26-,28-/m1/s1. The summed E-state index contributed by atoms with van der Waals surface area (Å²) in [6, 6.07) is 21.0. The number of methoxy groups -OCH3 is 1. The van der Waals surface area contributed by atoms with E-state index in [1.165, 1.54) is 14.9 Å². The van der Waals surface area contributed by atoms with Crippen LogP contribution in [-0.4, -0.2) is 61.4 Å². The molecule has 216 valence electrons. The molecular weight excluding hydrogens is 639 g/mol. The van der Waals surface area contributed by atoms with E-state index in [4.69, 9.17) is 18.6 Å². The van der Waals surface area contributed by atoms with Crippen molar-refractivity contribution < 1.29 is 18.6 Å². The normalized spacial score (nSPS) is 21.6. The van der Waals surface area contributed by atoms with Crippen LogP contribution >= 0.6 is 22.6 Å². The van der Waals surface area contributed by atoms with Crippen LogP contribution < -0.4 is 21.6 Å². The molecule has 0 spiro atoms. The van der Waals surface area contributed by atoms with Gasteiger partial charge in [-0.3, -0.25) is 14.3 Å². The summed E-state index contributed by atoms with van der Waals surface area (Å²) in [5.41, 5.74) is -0.508. The molecule has 40 heavy (non-hydrogen) atoms. The second kappa shape index (κ2) is 13.3. The van der Waals surface area contributed by atoms with E-state index in [9.17, 15) is 9.59 Å². The number of hydrogen-bond acceptors (Lipinski definition) is 6. The number of aromatic nitrogens is 2. The molecule has 0 bridgehead atoms. The monoisotopic (exact) mass is 678 g/mol. The number of halogens is 1. The largest absolute Gasteiger partial charge is 0.405 e. The van der Waals surface area contributed by atoms with E-state index in [2.05, 4.69) is 96.9 Å². The van der Waals surface area contributed by atoms with Gasteiger partial charge in [0.2, 0.25) is 0 Å². The third-order valence-electron chi connectivity index (χ3n) is 7.57. The minimum Gasteiger partial charge on any atom is -0.405 e. The fourth-order valence-corrected chi connectivity index (χ4v) is 11.2. The number of alkyl halides is 1. The first-order valence-electron chi connectivity index (χ1n) is 13.5. The average molecular weight is 679 g/mol. The van der Waals surface area contributed by atoms with E-state index < -0.39 is 31.9 Å². The Morgan fingerprint density at radius 2 is 1.60 bits per heavy atom. The molecule has 8 nitrogen and oxygen atoms in total. The van der Waals surface area contributed by atoms with E-state index in [0.29, 0.717) is 25.4 Å². The number of aromatic amines is 1. The van der Waals surface area contributed by atoms with E-state index >= 15 is 0 Å². The summed E-state index contributed by atoms with van der Waals surface area (Å²) in [7, 11) is -1.18. The Kier molecular flexibility index (Phi) is 10.2. The maximum Gasteiger partial charge on any atom is 0.330 e. The molecule has 4 atom stereocenters. The van der Waals surface area contributed by atoms with Gasteiger partial charge in [-0.05, 0) is 22.3 Å². The van der Waals surface area contributed by atoms with Crippen LogP contribution in [0, 0.1) is 12.8 Å². The Labute approximate surface area is 250 Å². The van der Waals surface area contributed by atoms with E-state index in [1.54, 1.807) is 20.2 Å². The van der Waals surface area contributed by atoms with Crippen LogP contribution in [0.25, 0.3) is 0 Å². The maximum atomic E-state index is 12.9. The number of nitrogens with one attached hydrogen (secondary N) is 1. The molecule has 10 heteroatoms. The van der Waals surface area contributed by atoms with E-state index in [0.717, 1.165) is 4.43 Å². The van der Waals surface area contributed by atoms with Crippen molar-refractivity contribution in [2.45, 2.75) is 51.2 Å². The Balaban J connectivity index is 1.74. The molecule has 0 amide bonds. The van der Waals surface area contributed by atoms with Crippen molar-refractivity contribution in [2.24, 2.45) is 5.92 Å². The van der Waals surface area contributed by atoms with Crippen LogP contribution in [-0.2, 0) is 18.6 Å². The second-order valence-corrected chi connectivity index (χ2v) is 16.4. The van der Waals surface area contributed by atoms with Crippen LogP contribution in [0.4, 0.5) is 0 Å². The highest BCUT2D eigenvalue weighted by Gasteiger charge is 2.52. The number of hydrogen-bond donors (Lipinski definition) is 1. The van der Waals surface area contributed by atoms with Crippen molar-refractivity contribution in [3.8, 4) is 0 Å². The maximum absolute atomic E-state index is 12.9. The minimum absolute atomic E-state index is 0.0557. The average Bonchev–Trinajstić information content (AvgIpc) is 3.28. The lowest BCUT2D eigenvalue weighted by atomic mass is 10.0. The molecule has 2 heterocycles. The Morgan fingerprint density at radius 3 is 2.12 bits per heavy atom. The third kappa shape index (κ3) is 6.21. The molecule has 3 aromatic rings. The summed E-state index contributed by atoms with van der Waals surface area (Å²) in [6.45, 7) is 9.50. The summed E-state index contributed by atoms with van der Waals surface area (Å²) in [4.78, 5) is 27.4. The highest BCUT2D eigenvalue weighted by molar-refractivity contribution is 14.1. The van der Waals surface area contributed by atoms with Gasteiger partial charge in [0.25, 0.3) is 13.9 Å². The van der Waals surface area contributed by atoms with Crippen molar-refractivity contribution >= 4 is 41.3 Å². The molecule has 1 aliphatic rings. The number of ether oxygens (including phenoxy) is 3. The van der Waals surface area contributed by atoms with Gasteiger partial charge in [-0.1, -0.05) is 104 Å². The fraction of sp³-hybridized carbons (Fsp3) is 0.467. The Morgan fingerprint density at radius 1 is 1.00 bits per heavy atom. The fourth-order valence-electron chi connectivity index (χ4n) is 5.57. The van der Waals surface area contributed by atoms with Gasteiger partial charge >= 0.3 is 5.69 Å². The molecule has 1 aromatic heterocycles. The molecule has 0 unspecified atom stereocenters. The number of benzene rings is 2. The number of rotatable bonds is 11. The van der Waals surface area contributed by atoms with Gasteiger partial charge in [0.1, 0.15) is 6.10 Å². The molecule has 1 aliphatic heterocycles. The van der Waals surface area contributed by atoms with Gasteiger partial charge in [0.05, 0.1) is 25.9 Å². The number of aryl methyl sites for hydroxylation is 1. The van der Waals surface area contributed by atoms with Crippen LogP contribution in [0.15, 0.2) is 76.4 Å². The molecule has 0 saturated carbocycles. The highest BCUT2D eigenvalue weighted by atomic mass is 127. The molecule has 2 aromatic carbocycles. The predicted octanol–water partition coefficient (Wildman–Crippen LogP) is 3.40. The van der Waals surface area contributed by atoms with Crippen molar-refractivity contribution in [1.29, 1.82) is 0 Å². The summed E-state index contributed by atoms with van der Waals surface area (Å²) in [6.07, 6.45) is 0.0687. The van der Waals surface area contributed by atoms with Gasteiger partial charge in [-0.15, -0.1) is 0 Å². The third-order valence-corrected chi connectivity index (χ3v) is 13.6. The molecule has 4 rings (SSSR count). The zero-order valence-electron chi connectivity index (χ0n) is 23.8. The molecule has 0 aliphatic carbocycles. The predicted molar refractivity (Wildman–Crippen MR) is 168 cm³/mol. The van der Waals surface area contributed by atoms with Crippen molar-refractivity contribution in [3.63, 3.8) is 0 Å². The Hall–Kier alpha value is -2.09.